The summed E-state index contributed by atoms with van der Waals surface area (Å²) in [5.74, 6) is -0.993. The number of aromatic nitrogens is 1. The molecule has 0 N–H and O–H groups in total. The van der Waals surface area contributed by atoms with Gasteiger partial charge < -0.3 is 10.1 Å². The maximum Gasteiger partial charge on any atom is 0.383 e. The Bertz CT molecular complexity index is 401. The standard InChI is InChI=1S/C7H4Cl2F2N2O2/c8-2-3-1-4(6(10)11)12-7(5(3)9)13(14)15/h1,6H,2H2. The maximum atomic E-state index is 12.3. The molecule has 0 bridgehead atoms. The molecule has 0 aliphatic carbocycles. The van der Waals surface area contributed by atoms with Crippen molar-refractivity contribution < 1.29 is 13.7 Å². The second-order valence-electron chi connectivity index (χ2n) is 2.54. The molecule has 0 amide bonds. The molecule has 0 saturated heterocycles. The molecule has 0 unspecified atom stereocenters. The van der Waals surface area contributed by atoms with E-state index in [1.54, 1.807) is 0 Å². The highest BCUT2D eigenvalue weighted by atomic mass is 35.5. The van der Waals surface area contributed by atoms with Crippen LogP contribution < -0.4 is 0 Å². The number of nitrogens with zero attached hydrogens (tertiary/aromatic N) is 2. The van der Waals surface area contributed by atoms with Crippen LogP contribution in [0, 0.1) is 10.1 Å². The third kappa shape index (κ3) is 2.51. The van der Waals surface area contributed by atoms with Gasteiger partial charge in [-0.3, -0.25) is 0 Å². The third-order valence-corrected chi connectivity index (χ3v) is 2.28. The molecule has 8 heteroatoms. The Morgan fingerprint density at radius 2 is 2.20 bits per heavy atom. The van der Waals surface area contributed by atoms with Crippen LogP contribution in [0.2, 0.25) is 5.02 Å². The minimum atomic E-state index is -2.90. The molecule has 0 radical (unpaired) electrons. The molecule has 1 aromatic rings. The van der Waals surface area contributed by atoms with Crippen molar-refractivity contribution in [1.82, 2.24) is 4.98 Å². The highest BCUT2D eigenvalue weighted by Gasteiger charge is 2.25. The van der Waals surface area contributed by atoms with Crippen LogP contribution in [0.3, 0.4) is 0 Å². The zero-order valence-corrected chi connectivity index (χ0v) is 8.60. The average molecular weight is 257 g/mol. The Balaban J connectivity index is 3.38. The first kappa shape index (κ1) is 12.1. The summed E-state index contributed by atoms with van der Waals surface area (Å²) in [5.41, 5.74) is -0.642. The minimum absolute atomic E-state index is 0.0651. The molecule has 0 aliphatic rings. The molecule has 1 aromatic heterocycles. The summed E-state index contributed by atoms with van der Waals surface area (Å²) < 4.78 is 24.6. The van der Waals surface area contributed by atoms with Crippen molar-refractivity contribution in [1.29, 1.82) is 0 Å². The summed E-state index contributed by atoms with van der Waals surface area (Å²) in [5, 5.41) is 10.1. The summed E-state index contributed by atoms with van der Waals surface area (Å²) in [7, 11) is 0. The number of halogens is 4. The maximum absolute atomic E-state index is 12.3. The molecule has 82 valence electrons. The van der Waals surface area contributed by atoms with Crippen molar-refractivity contribution in [2.24, 2.45) is 0 Å². The van der Waals surface area contributed by atoms with Crippen molar-refractivity contribution in [2.75, 3.05) is 0 Å². The fraction of sp³-hybridized carbons (Fsp3) is 0.286. The first-order valence-corrected chi connectivity index (χ1v) is 4.56. The summed E-state index contributed by atoms with van der Waals surface area (Å²) in [6, 6.07) is 0.951. The van der Waals surface area contributed by atoms with Gasteiger partial charge in [0, 0.05) is 5.88 Å². The predicted molar refractivity (Wildman–Crippen MR) is 50.4 cm³/mol. The third-order valence-electron chi connectivity index (χ3n) is 1.58. The second kappa shape index (κ2) is 4.67. The van der Waals surface area contributed by atoms with Gasteiger partial charge >= 0.3 is 12.2 Å². The molecule has 15 heavy (non-hydrogen) atoms. The van der Waals surface area contributed by atoms with Crippen LogP contribution in [0.25, 0.3) is 0 Å². The van der Waals surface area contributed by atoms with Gasteiger partial charge in [-0.15, -0.1) is 11.6 Å². The lowest BCUT2D eigenvalue weighted by atomic mass is 10.2. The lowest BCUT2D eigenvalue weighted by Gasteiger charge is -2.02. The summed E-state index contributed by atoms with van der Waals surface area (Å²) in [4.78, 5) is 12.6. The van der Waals surface area contributed by atoms with E-state index >= 15 is 0 Å². The van der Waals surface area contributed by atoms with Crippen LogP contribution in [0.1, 0.15) is 17.7 Å². The largest absolute Gasteiger partial charge is 0.383 e. The Hall–Kier alpha value is -1.01. The SMILES string of the molecule is O=[N+]([O-])c1nc(C(F)F)cc(CCl)c1Cl. The minimum Gasteiger partial charge on any atom is -0.358 e. The number of alkyl halides is 3. The fourth-order valence-corrected chi connectivity index (χ4v) is 1.43. The van der Waals surface area contributed by atoms with Gasteiger partial charge in [-0.2, -0.15) is 0 Å². The van der Waals surface area contributed by atoms with Gasteiger partial charge in [0.1, 0.15) is 5.02 Å². The van der Waals surface area contributed by atoms with Gasteiger partial charge in [-0.05, 0) is 21.5 Å². The zero-order valence-electron chi connectivity index (χ0n) is 7.08. The van der Waals surface area contributed by atoms with Gasteiger partial charge in [0.25, 0.3) is 0 Å². The molecular weight excluding hydrogens is 253 g/mol. The molecular formula is C7H4Cl2F2N2O2. The number of pyridine rings is 1. The highest BCUT2D eigenvalue weighted by molar-refractivity contribution is 6.34. The van der Waals surface area contributed by atoms with Gasteiger partial charge in [-0.1, -0.05) is 11.6 Å². The van der Waals surface area contributed by atoms with Crippen LogP contribution in [0.15, 0.2) is 6.07 Å². The Kier molecular flexibility index (Phi) is 3.76. The van der Waals surface area contributed by atoms with E-state index in [0.29, 0.717) is 0 Å². The molecule has 4 nitrogen and oxygen atoms in total. The summed E-state index contributed by atoms with van der Waals surface area (Å²) in [6.45, 7) is 0. The second-order valence-corrected chi connectivity index (χ2v) is 3.18. The monoisotopic (exact) mass is 256 g/mol. The molecule has 0 atom stereocenters. The van der Waals surface area contributed by atoms with Crippen LogP contribution in [-0.2, 0) is 5.88 Å². The smallest absolute Gasteiger partial charge is 0.358 e. The molecule has 1 rings (SSSR count). The first-order chi connectivity index (χ1) is 6.97. The van der Waals surface area contributed by atoms with Crippen LogP contribution >= 0.6 is 23.2 Å². The number of rotatable bonds is 3. The van der Waals surface area contributed by atoms with E-state index in [2.05, 4.69) is 4.98 Å². The Labute approximate surface area is 93.0 Å². The number of hydrogen-bond donors (Lipinski definition) is 0. The van der Waals surface area contributed by atoms with E-state index in [9.17, 15) is 18.9 Å². The van der Waals surface area contributed by atoms with Gasteiger partial charge in [0.05, 0.1) is 0 Å². The van der Waals surface area contributed by atoms with E-state index in [1.807, 2.05) is 0 Å². The van der Waals surface area contributed by atoms with Crippen LogP contribution in [-0.4, -0.2) is 9.91 Å². The highest BCUT2D eigenvalue weighted by Crippen LogP contribution is 2.30. The van der Waals surface area contributed by atoms with Crippen molar-refractivity contribution in [3.8, 4) is 0 Å². The van der Waals surface area contributed by atoms with Crippen molar-refractivity contribution in [2.45, 2.75) is 12.3 Å². The van der Waals surface area contributed by atoms with Gasteiger partial charge in [0.15, 0.2) is 0 Å². The summed E-state index contributed by atoms with van der Waals surface area (Å²) >= 11 is 11.0. The Morgan fingerprint density at radius 3 is 2.60 bits per heavy atom. The van der Waals surface area contributed by atoms with Gasteiger partial charge in [-0.25, -0.2) is 8.78 Å². The van der Waals surface area contributed by atoms with Crippen molar-refractivity contribution in [3.05, 3.63) is 32.5 Å². The van der Waals surface area contributed by atoms with Crippen molar-refractivity contribution >= 4 is 29.0 Å². The fourth-order valence-electron chi connectivity index (χ4n) is 0.919. The quantitative estimate of drug-likeness (QED) is 0.474. The Morgan fingerprint density at radius 1 is 1.60 bits per heavy atom. The van der Waals surface area contributed by atoms with Crippen LogP contribution in [0.5, 0.6) is 0 Å². The zero-order chi connectivity index (χ0) is 11.6. The molecule has 0 aliphatic heterocycles. The lowest BCUT2D eigenvalue weighted by molar-refractivity contribution is -0.389. The van der Waals surface area contributed by atoms with E-state index in [1.165, 1.54) is 0 Å². The molecule has 1 heterocycles. The van der Waals surface area contributed by atoms with E-state index in [4.69, 9.17) is 23.2 Å². The van der Waals surface area contributed by atoms with E-state index in [0.717, 1.165) is 6.07 Å². The first-order valence-electron chi connectivity index (χ1n) is 3.65. The predicted octanol–water partition coefficient (Wildman–Crippen LogP) is 3.32. The van der Waals surface area contributed by atoms with Crippen LogP contribution in [0.4, 0.5) is 14.6 Å². The number of nitro groups is 1. The lowest BCUT2D eigenvalue weighted by Crippen LogP contribution is -2.00. The molecule has 0 aromatic carbocycles. The average Bonchev–Trinajstić information content (AvgIpc) is 2.17. The molecule has 0 fully saturated rings. The topological polar surface area (TPSA) is 56.0 Å². The molecule has 0 saturated carbocycles. The number of hydrogen-bond acceptors (Lipinski definition) is 3. The normalized spacial score (nSPS) is 10.7. The van der Waals surface area contributed by atoms with E-state index < -0.39 is 22.9 Å². The van der Waals surface area contributed by atoms with Gasteiger partial charge in [0.2, 0.25) is 5.69 Å². The van der Waals surface area contributed by atoms with E-state index in [-0.39, 0.29) is 16.5 Å². The molecule has 0 spiro atoms. The summed E-state index contributed by atoms with van der Waals surface area (Å²) in [6.07, 6.45) is -2.90. The van der Waals surface area contributed by atoms with Crippen molar-refractivity contribution in [3.63, 3.8) is 0 Å².